The molecule has 3 N–H and O–H groups in total. The summed E-state index contributed by atoms with van der Waals surface area (Å²) in [7, 11) is 3.26. The second-order valence-corrected chi connectivity index (χ2v) is 6.67. The van der Waals surface area contributed by atoms with E-state index in [0.29, 0.717) is 30.4 Å². The lowest BCUT2D eigenvalue weighted by Crippen LogP contribution is -2.43. The lowest BCUT2D eigenvalue weighted by molar-refractivity contribution is 0.410. The number of rotatable bonds is 6. The van der Waals surface area contributed by atoms with Crippen LogP contribution in [-0.4, -0.2) is 31.8 Å². The summed E-state index contributed by atoms with van der Waals surface area (Å²) in [5.41, 5.74) is 1.33. The van der Waals surface area contributed by atoms with Crippen LogP contribution in [0.5, 0.6) is 11.5 Å². The number of phenols is 1. The zero-order valence-corrected chi connectivity index (χ0v) is 15.6. The van der Waals surface area contributed by atoms with Crippen LogP contribution in [0.3, 0.4) is 0 Å². The van der Waals surface area contributed by atoms with Gasteiger partial charge in [0.25, 0.3) is 0 Å². The van der Waals surface area contributed by atoms with E-state index in [1.165, 1.54) is 6.07 Å². The highest BCUT2D eigenvalue weighted by Gasteiger charge is 2.21. The van der Waals surface area contributed by atoms with Gasteiger partial charge in [-0.25, -0.2) is 4.39 Å². The number of nitrogens with zero attached hydrogens (tertiary/aromatic N) is 1. The topological polar surface area (TPSA) is 65.9 Å². The fourth-order valence-electron chi connectivity index (χ4n) is 2.55. The summed E-state index contributed by atoms with van der Waals surface area (Å²) in [6.45, 7) is 5.04. The first-order valence-electron chi connectivity index (χ1n) is 8.42. The molecule has 26 heavy (non-hydrogen) atoms. The molecule has 0 saturated heterocycles. The highest BCUT2D eigenvalue weighted by molar-refractivity contribution is 5.79. The molecule has 0 amide bonds. The molecular weight excluding hydrogens is 333 g/mol. The summed E-state index contributed by atoms with van der Waals surface area (Å²) in [6, 6.07) is 11.7. The number of hydrogen-bond acceptors (Lipinski definition) is 3. The van der Waals surface area contributed by atoms with Gasteiger partial charge in [0, 0.05) is 31.1 Å². The normalized spacial score (nSPS) is 12.0. The summed E-state index contributed by atoms with van der Waals surface area (Å²) in [6.07, 6.45) is 0. The van der Waals surface area contributed by atoms with E-state index in [9.17, 15) is 9.50 Å². The lowest BCUT2D eigenvalue weighted by atomic mass is 9.84. The molecule has 0 fully saturated rings. The van der Waals surface area contributed by atoms with Gasteiger partial charge in [0.15, 0.2) is 5.96 Å². The van der Waals surface area contributed by atoms with Crippen molar-refractivity contribution in [3.05, 3.63) is 59.4 Å². The maximum atomic E-state index is 13.5. The Morgan fingerprint density at radius 3 is 2.62 bits per heavy atom. The van der Waals surface area contributed by atoms with Crippen molar-refractivity contribution in [1.82, 2.24) is 10.6 Å². The van der Waals surface area contributed by atoms with Gasteiger partial charge in [0.05, 0.1) is 7.11 Å². The molecular formula is C20H26FN3O2. The number of hydrogen-bond donors (Lipinski definition) is 3. The monoisotopic (exact) mass is 359 g/mol. The van der Waals surface area contributed by atoms with Gasteiger partial charge in [-0.05, 0) is 35.9 Å². The van der Waals surface area contributed by atoms with Crippen LogP contribution in [0.25, 0.3) is 0 Å². The highest BCUT2D eigenvalue weighted by atomic mass is 19.1. The van der Waals surface area contributed by atoms with E-state index in [4.69, 9.17) is 4.74 Å². The van der Waals surface area contributed by atoms with Crippen LogP contribution in [-0.2, 0) is 12.0 Å². The van der Waals surface area contributed by atoms with E-state index in [1.54, 1.807) is 44.5 Å². The van der Waals surface area contributed by atoms with Crippen LogP contribution < -0.4 is 15.4 Å². The smallest absolute Gasteiger partial charge is 0.191 e. The van der Waals surface area contributed by atoms with Gasteiger partial charge in [-0.15, -0.1) is 0 Å². The summed E-state index contributed by atoms with van der Waals surface area (Å²) >= 11 is 0. The summed E-state index contributed by atoms with van der Waals surface area (Å²) < 4.78 is 18.7. The Morgan fingerprint density at radius 2 is 1.96 bits per heavy atom. The minimum absolute atomic E-state index is 0.189. The van der Waals surface area contributed by atoms with Crippen LogP contribution in [0, 0.1) is 5.82 Å². The SMILES string of the molecule is CN=C(NCc1cc(OC)ccc1O)NCC(C)(C)c1cccc(F)c1. The quantitative estimate of drug-likeness (QED) is 0.547. The molecule has 6 heteroatoms. The number of halogens is 1. The number of methoxy groups -OCH3 is 1. The summed E-state index contributed by atoms with van der Waals surface area (Å²) in [5, 5.41) is 16.4. The number of ether oxygens (including phenoxy) is 1. The third-order valence-electron chi connectivity index (χ3n) is 4.26. The zero-order chi connectivity index (χ0) is 19.2. The van der Waals surface area contributed by atoms with Crippen molar-refractivity contribution in [1.29, 1.82) is 0 Å². The Kier molecular flexibility index (Phi) is 6.44. The Hall–Kier alpha value is -2.76. The van der Waals surface area contributed by atoms with Crippen molar-refractivity contribution >= 4 is 5.96 Å². The Morgan fingerprint density at radius 1 is 1.19 bits per heavy atom. The zero-order valence-electron chi connectivity index (χ0n) is 15.6. The second kappa shape index (κ2) is 8.56. The number of nitrogens with one attached hydrogen (secondary N) is 2. The standard InChI is InChI=1S/C20H26FN3O2/c1-20(2,15-6-5-7-16(21)11-15)13-24-19(22-3)23-12-14-10-17(26-4)8-9-18(14)25/h5-11,25H,12-13H2,1-4H3,(H2,22,23,24). The number of benzene rings is 2. The average molecular weight is 359 g/mol. The Balaban J connectivity index is 1.98. The Bertz CT molecular complexity index is 775. The van der Waals surface area contributed by atoms with Crippen molar-refractivity contribution < 1.29 is 14.2 Å². The van der Waals surface area contributed by atoms with Crippen LogP contribution in [0.15, 0.2) is 47.5 Å². The van der Waals surface area contributed by atoms with Crippen molar-refractivity contribution in [2.24, 2.45) is 4.99 Å². The molecule has 0 heterocycles. The third-order valence-corrected chi connectivity index (χ3v) is 4.26. The van der Waals surface area contributed by atoms with Crippen LogP contribution >= 0.6 is 0 Å². The molecule has 0 spiro atoms. The molecule has 0 aliphatic carbocycles. The Labute approximate surface area is 153 Å². The van der Waals surface area contributed by atoms with Gasteiger partial charge in [0.1, 0.15) is 17.3 Å². The molecule has 0 saturated carbocycles. The predicted molar refractivity (Wildman–Crippen MR) is 102 cm³/mol. The number of phenolic OH excluding ortho intramolecular Hbond substituents is 1. The van der Waals surface area contributed by atoms with Crippen LogP contribution in [0.4, 0.5) is 4.39 Å². The van der Waals surface area contributed by atoms with Gasteiger partial charge in [0.2, 0.25) is 0 Å². The van der Waals surface area contributed by atoms with Crippen LogP contribution in [0.2, 0.25) is 0 Å². The van der Waals surface area contributed by atoms with Crippen LogP contribution in [0.1, 0.15) is 25.0 Å². The molecule has 0 aliphatic heterocycles. The van der Waals surface area contributed by atoms with E-state index in [1.807, 2.05) is 19.9 Å². The average Bonchev–Trinajstić information content (AvgIpc) is 2.63. The molecule has 2 rings (SSSR count). The highest BCUT2D eigenvalue weighted by Crippen LogP contribution is 2.23. The van der Waals surface area contributed by atoms with Crippen molar-refractivity contribution in [2.45, 2.75) is 25.8 Å². The molecule has 0 atom stereocenters. The fourth-order valence-corrected chi connectivity index (χ4v) is 2.55. The first-order chi connectivity index (χ1) is 12.4. The van der Waals surface area contributed by atoms with Gasteiger partial charge in [-0.2, -0.15) is 0 Å². The van der Waals surface area contributed by atoms with E-state index in [2.05, 4.69) is 15.6 Å². The van der Waals surface area contributed by atoms with Crippen molar-refractivity contribution in [3.63, 3.8) is 0 Å². The first kappa shape index (κ1) is 19.6. The fraction of sp³-hybridized carbons (Fsp3) is 0.350. The van der Waals surface area contributed by atoms with Gasteiger partial charge in [-0.1, -0.05) is 26.0 Å². The number of guanidine groups is 1. The summed E-state index contributed by atoms with van der Waals surface area (Å²) in [5.74, 6) is 1.21. The first-order valence-corrected chi connectivity index (χ1v) is 8.42. The van der Waals surface area contributed by atoms with Crippen molar-refractivity contribution in [2.75, 3.05) is 20.7 Å². The molecule has 0 aliphatic rings. The molecule has 0 aromatic heterocycles. The molecule has 2 aromatic rings. The predicted octanol–water partition coefficient (Wildman–Crippen LogP) is 3.18. The largest absolute Gasteiger partial charge is 0.508 e. The summed E-state index contributed by atoms with van der Waals surface area (Å²) in [4.78, 5) is 4.20. The molecule has 140 valence electrons. The van der Waals surface area contributed by atoms with E-state index in [0.717, 1.165) is 5.56 Å². The van der Waals surface area contributed by atoms with E-state index in [-0.39, 0.29) is 17.0 Å². The minimum Gasteiger partial charge on any atom is -0.508 e. The minimum atomic E-state index is -0.280. The maximum absolute atomic E-state index is 13.5. The molecule has 0 unspecified atom stereocenters. The third kappa shape index (κ3) is 5.12. The molecule has 0 radical (unpaired) electrons. The lowest BCUT2D eigenvalue weighted by Gasteiger charge is -2.27. The maximum Gasteiger partial charge on any atom is 0.191 e. The second-order valence-electron chi connectivity index (χ2n) is 6.67. The van der Waals surface area contributed by atoms with E-state index >= 15 is 0 Å². The number of aromatic hydroxyl groups is 1. The van der Waals surface area contributed by atoms with Gasteiger partial charge in [-0.3, -0.25) is 4.99 Å². The number of aliphatic imine (C=N–C) groups is 1. The van der Waals surface area contributed by atoms with E-state index < -0.39 is 0 Å². The van der Waals surface area contributed by atoms with Gasteiger partial charge < -0.3 is 20.5 Å². The molecule has 2 aromatic carbocycles. The van der Waals surface area contributed by atoms with Crippen molar-refractivity contribution in [3.8, 4) is 11.5 Å². The van der Waals surface area contributed by atoms with Gasteiger partial charge >= 0.3 is 0 Å². The molecule has 0 bridgehead atoms. The molecule has 5 nitrogen and oxygen atoms in total.